The summed E-state index contributed by atoms with van der Waals surface area (Å²) in [7, 11) is 0. The van der Waals surface area contributed by atoms with E-state index < -0.39 is 0 Å². The SMILES string of the molecule is CC1(C)c2ccccc2-c2cccc(N(c3cccc(-n4c5ccccc5c5ccccc54)c3)c3ccccc3-c3cccc4oc5cc6ccccc6cc5c34)c21. The second-order valence-electron chi connectivity index (χ2n) is 16.1. The summed E-state index contributed by atoms with van der Waals surface area (Å²) in [6, 6.07) is 70.7. The van der Waals surface area contributed by atoms with E-state index in [9.17, 15) is 0 Å². The summed E-state index contributed by atoms with van der Waals surface area (Å²) in [4.78, 5) is 2.51. The molecule has 0 spiro atoms. The van der Waals surface area contributed by atoms with Crippen molar-refractivity contribution in [2.24, 2.45) is 0 Å². The Morgan fingerprint density at radius 2 is 1.05 bits per heavy atom. The largest absolute Gasteiger partial charge is 0.456 e. The van der Waals surface area contributed by atoms with Crippen LogP contribution in [0.1, 0.15) is 25.0 Å². The molecule has 274 valence electrons. The van der Waals surface area contributed by atoms with E-state index >= 15 is 0 Å². The lowest BCUT2D eigenvalue weighted by molar-refractivity contribution is 0.661. The summed E-state index contributed by atoms with van der Waals surface area (Å²) < 4.78 is 9.04. The normalized spacial score (nSPS) is 13.1. The number of hydrogen-bond donors (Lipinski definition) is 0. The first-order valence-corrected chi connectivity index (χ1v) is 20.1. The van der Waals surface area contributed by atoms with Crippen molar-refractivity contribution in [2.45, 2.75) is 19.3 Å². The van der Waals surface area contributed by atoms with Crippen LogP contribution < -0.4 is 4.90 Å². The standard InChI is InChI=1S/C55H38N2O/c1-55(2)46-26-9-5-20-39(46)44-25-14-30-50(54(44)55)57(38-19-13-18-37(34-38)56-47-27-10-6-21-40(47)41-22-7-11-28-48(41)56)49-29-12-8-23-42(49)43-24-15-31-51-53(43)45-32-35-16-3-4-17-36(35)33-52(45)58-51/h3-34H,1-2H3. The summed E-state index contributed by atoms with van der Waals surface area (Å²) in [6.07, 6.45) is 0. The molecule has 3 nitrogen and oxygen atoms in total. The predicted molar refractivity (Wildman–Crippen MR) is 243 cm³/mol. The van der Waals surface area contributed by atoms with E-state index in [-0.39, 0.29) is 5.41 Å². The zero-order chi connectivity index (χ0) is 38.5. The highest BCUT2D eigenvalue weighted by atomic mass is 16.3. The van der Waals surface area contributed by atoms with Crippen molar-refractivity contribution >= 4 is 71.6 Å². The third kappa shape index (κ3) is 4.68. The van der Waals surface area contributed by atoms with Crippen LogP contribution in [0.5, 0.6) is 0 Å². The molecule has 0 aliphatic heterocycles. The summed E-state index contributed by atoms with van der Waals surface area (Å²) in [6.45, 7) is 4.75. The fourth-order valence-electron chi connectivity index (χ4n) is 10.0. The minimum Gasteiger partial charge on any atom is -0.456 e. The van der Waals surface area contributed by atoms with Crippen molar-refractivity contribution in [3.8, 4) is 27.9 Å². The maximum atomic E-state index is 6.63. The van der Waals surface area contributed by atoms with E-state index in [4.69, 9.17) is 4.42 Å². The van der Waals surface area contributed by atoms with Crippen LogP contribution in [-0.4, -0.2) is 4.57 Å². The molecule has 9 aromatic carbocycles. The third-order valence-electron chi connectivity index (χ3n) is 12.5. The number of para-hydroxylation sites is 3. The maximum absolute atomic E-state index is 6.63. The Hall–Kier alpha value is -7.36. The number of rotatable bonds is 5. The Morgan fingerprint density at radius 3 is 1.86 bits per heavy atom. The molecular weight excluding hydrogens is 705 g/mol. The Labute approximate surface area is 336 Å². The van der Waals surface area contributed by atoms with Gasteiger partial charge in [0.1, 0.15) is 11.2 Å². The minimum atomic E-state index is -0.234. The zero-order valence-electron chi connectivity index (χ0n) is 32.3. The summed E-state index contributed by atoms with van der Waals surface area (Å²) in [5.74, 6) is 0. The topological polar surface area (TPSA) is 21.3 Å². The van der Waals surface area contributed by atoms with Gasteiger partial charge in [0.15, 0.2) is 0 Å². The van der Waals surface area contributed by atoms with Gasteiger partial charge in [-0.2, -0.15) is 0 Å². The van der Waals surface area contributed by atoms with Crippen LogP contribution in [0.15, 0.2) is 199 Å². The van der Waals surface area contributed by atoms with E-state index in [0.29, 0.717) is 0 Å². The minimum absolute atomic E-state index is 0.234. The van der Waals surface area contributed by atoms with Gasteiger partial charge in [0.2, 0.25) is 0 Å². The molecule has 3 heteroatoms. The van der Waals surface area contributed by atoms with Gasteiger partial charge >= 0.3 is 0 Å². The highest BCUT2D eigenvalue weighted by molar-refractivity contribution is 6.17. The third-order valence-corrected chi connectivity index (χ3v) is 12.5. The van der Waals surface area contributed by atoms with Gasteiger partial charge in [-0.1, -0.05) is 147 Å². The Morgan fingerprint density at radius 1 is 0.448 bits per heavy atom. The van der Waals surface area contributed by atoms with Crippen molar-refractivity contribution in [1.29, 1.82) is 0 Å². The molecule has 0 amide bonds. The first kappa shape index (κ1) is 32.8. The highest BCUT2D eigenvalue weighted by Crippen LogP contribution is 2.55. The van der Waals surface area contributed by atoms with Crippen LogP contribution in [0, 0.1) is 0 Å². The Bertz CT molecular complexity index is 3400. The number of hydrogen-bond acceptors (Lipinski definition) is 2. The molecule has 0 atom stereocenters. The number of anilines is 3. The molecule has 0 saturated carbocycles. The summed E-state index contributed by atoms with van der Waals surface area (Å²) in [5.41, 5.74) is 15.9. The monoisotopic (exact) mass is 742 g/mol. The molecule has 1 aliphatic rings. The fraction of sp³-hybridized carbons (Fsp3) is 0.0545. The highest BCUT2D eigenvalue weighted by Gasteiger charge is 2.39. The molecule has 0 radical (unpaired) electrons. The average Bonchev–Trinajstić information content (AvgIpc) is 3.88. The van der Waals surface area contributed by atoms with Crippen molar-refractivity contribution in [3.05, 3.63) is 205 Å². The van der Waals surface area contributed by atoms with Gasteiger partial charge in [-0.05, 0) is 99.3 Å². The van der Waals surface area contributed by atoms with Gasteiger partial charge in [-0.15, -0.1) is 0 Å². The maximum Gasteiger partial charge on any atom is 0.136 e. The molecule has 0 unspecified atom stereocenters. The molecule has 58 heavy (non-hydrogen) atoms. The number of aromatic nitrogens is 1. The molecular formula is C55H38N2O. The van der Waals surface area contributed by atoms with Crippen LogP contribution in [0.25, 0.3) is 82.5 Å². The van der Waals surface area contributed by atoms with E-state index in [1.54, 1.807) is 0 Å². The fourth-order valence-corrected chi connectivity index (χ4v) is 10.0. The van der Waals surface area contributed by atoms with Crippen LogP contribution in [0.4, 0.5) is 17.1 Å². The molecule has 0 bridgehead atoms. The van der Waals surface area contributed by atoms with Crippen molar-refractivity contribution in [1.82, 2.24) is 4.57 Å². The molecule has 2 aromatic heterocycles. The number of nitrogens with zero attached hydrogens (tertiary/aromatic N) is 2. The molecule has 2 heterocycles. The van der Waals surface area contributed by atoms with E-state index in [1.165, 1.54) is 60.5 Å². The smallest absolute Gasteiger partial charge is 0.136 e. The second kappa shape index (κ2) is 12.3. The lowest BCUT2D eigenvalue weighted by atomic mass is 9.81. The van der Waals surface area contributed by atoms with Crippen molar-refractivity contribution in [2.75, 3.05) is 4.90 Å². The first-order valence-electron chi connectivity index (χ1n) is 20.1. The van der Waals surface area contributed by atoms with Gasteiger partial charge in [-0.3, -0.25) is 0 Å². The molecule has 0 fully saturated rings. The molecule has 12 rings (SSSR count). The second-order valence-corrected chi connectivity index (χ2v) is 16.1. The van der Waals surface area contributed by atoms with Gasteiger partial charge in [-0.25, -0.2) is 0 Å². The summed E-state index contributed by atoms with van der Waals surface area (Å²) >= 11 is 0. The van der Waals surface area contributed by atoms with E-state index in [0.717, 1.165) is 50.1 Å². The van der Waals surface area contributed by atoms with E-state index in [1.807, 2.05) is 0 Å². The lowest BCUT2D eigenvalue weighted by Gasteiger charge is -2.33. The van der Waals surface area contributed by atoms with Crippen molar-refractivity contribution < 1.29 is 4.42 Å². The molecule has 0 saturated heterocycles. The number of fused-ring (bicyclic) bond motifs is 10. The zero-order valence-corrected chi connectivity index (χ0v) is 32.3. The van der Waals surface area contributed by atoms with Crippen LogP contribution >= 0.6 is 0 Å². The number of benzene rings is 9. The molecule has 1 aliphatic carbocycles. The number of furan rings is 1. The average molecular weight is 743 g/mol. The lowest BCUT2D eigenvalue weighted by Crippen LogP contribution is -2.21. The predicted octanol–water partition coefficient (Wildman–Crippen LogP) is 15.3. The van der Waals surface area contributed by atoms with E-state index in [2.05, 4.69) is 217 Å². The molecule has 0 N–H and O–H groups in total. The van der Waals surface area contributed by atoms with Gasteiger partial charge < -0.3 is 13.9 Å². The summed E-state index contributed by atoms with van der Waals surface area (Å²) in [5, 5.41) is 7.12. The Balaban J connectivity index is 1.15. The van der Waals surface area contributed by atoms with Crippen molar-refractivity contribution in [3.63, 3.8) is 0 Å². The van der Waals surface area contributed by atoms with Gasteiger partial charge in [0.05, 0.1) is 22.4 Å². The van der Waals surface area contributed by atoms with Crippen LogP contribution in [0.2, 0.25) is 0 Å². The van der Waals surface area contributed by atoms with Crippen LogP contribution in [0.3, 0.4) is 0 Å². The Kier molecular flexibility index (Phi) is 6.98. The first-order chi connectivity index (χ1) is 28.5. The van der Waals surface area contributed by atoms with Gasteiger partial charge in [0.25, 0.3) is 0 Å². The molecule has 11 aromatic rings. The van der Waals surface area contributed by atoms with Crippen LogP contribution in [-0.2, 0) is 5.41 Å². The van der Waals surface area contributed by atoms with Gasteiger partial charge in [0, 0.05) is 43.9 Å². The quantitative estimate of drug-likeness (QED) is 0.175.